The number of hydrogen-bond acceptors (Lipinski definition) is 4. The standard InChI is InChI=1S/C16H24N2O2.ClH/c1-3-20-16(19)9-15-11-17-10-13(2)18(15)12-14-7-5-4-6-8-14;/h4-8,13,15,17H,3,9-12H2,1-2H3;1H/t13-,15-;/m1./s1. The lowest BCUT2D eigenvalue weighted by Crippen LogP contribution is -2.56. The first-order valence-corrected chi connectivity index (χ1v) is 7.36. The zero-order chi connectivity index (χ0) is 14.4. The number of benzene rings is 1. The van der Waals surface area contributed by atoms with Crippen molar-refractivity contribution in [1.29, 1.82) is 0 Å². The predicted octanol–water partition coefficient (Wildman–Crippen LogP) is 2.22. The molecule has 118 valence electrons. The third-order valence-electron chi connectivity index (χ3n) is 3.77. The molecular formula is C16H25ClN2O2. The molecule has 1 saturated heterocycles. The van der Waals surface area contributed by atoms with E-state index in [9.17, 15) is 4.79 Å². The van der Waals surface area contributed by atoms with Gasteiger partial charge in [0.1, 0.15) is 0 Å². The van der Waals surface area contributed by atoms with Crippen molar-refractivity contribution in [2.24, 2.45) is 0 Å². The van der Waals surface area contributed by atoms with Gasteiger partial charge in [0.25, 0.3) is 0 Å². The number of esters is 1. The van der Waals surface area contributed by atoms with Crippen molar-refractivity contribution < 1.29 is 9.53 Å². The molecule has 0 aromatic heterocycles. The molecule has 1 heterocycles. The molecule has 1 aromatic rings. The average molecular weight is 313 g/mol. The number of halogens is 1. The summed E-state index contributed by atoms with van der Waals surface area (Å²) in [4.78, 5) is 14.1. The number of ether oxygens (including phenoxy) is 1. The van der Waals surface area contributed by atoms with E-state index in [0.717, 1.165) is 19.6 Å². The van der Waals surface area contributed by atoms with E-state index in [2.05, 4.69) is 41.4 Å². The van der Waals surface area contributed by atoms with Crippen LogP contribution >= 0.6 is 12.4 Å². The second-order valence-electron chi connectivity index (χ2n) is 5.33. The zero-order valence-corrected chi connectivity index (χ0v) is 13.6. The zero-order valence-electron chi connectivity index (χ0n) is 12.7. The largest absolute Gasteiger partial charge is 0.466 e. The van der Waals surface area contributed by atoms with Gasteiger partial charge in [-0.15, -0.1) is 12.4 Å². The summed E-state index contributed by atoms with van der Waals surface area (Å²) in [5.74, 6) is -0.105. The molecule has 1 aromatic carbocycles. The molecule has 1 aliphatic rings. The lowest BCUT2D eigenvalue weighted by Gasteiger charge is -2.40. The summed E-state index contributed by atoms with van der Waals surface area (Å²) in [5, 5.41) is 3.40. The van der Waals surface area contributed by atoms with Gasteiger partial charge in [-0.3, -0.25) is 9.69 Å². The summed E-state index contributed by atoms with van der Waals surface area (Å²) >= 11 is 0. The van der Waals surface area contributed by atoms with Crippen LogP contribution in [0.1, 0.15) is 25.8 Å². The molecule has 0 bridgehead atoms. The number of hydrogen-bond donors (Lipinski definition) is 1. The molecule has 2 atom stereocenters. The Bertz CT molecular complexity index is 428. The summed E-state index contributed by atoms with van der Waals surface area (Å²) in [7, 11) is 0. The minimum absolute atomic E-state index is 0. The Morgan fingerprint density at radius 1 is 1.33 bits per heavy atom. The van der Waals surface area contributed by atoms with E-state index in [-0.39, 0.29) is 24.4 Å². The first kappa shape index (κ1) is 18.0. The summed E-state index contributed by atoms with van der Waals surface area (Å²) in [6.45, 7) is 7.19. The lowest BCUT2D eigenvalue weighted by molar-refractivity contribution is -0.145. The molecule has 0 radical (unpaired) electrons. The highest BCUT2D eigenvalue weighted by molar-refractivity contribution is 5.85. The highest BCUT2D eigenvalue weighted by Crippen LogP contribution is 2.17. The maximum atomic E-state index is 11.7. The van der Waals surface area contributed by atoms with Crippen LogP contribution < -0.4 is 5.32 Å². The van der Waals surface area contributed by atoms with Crippen molar-refractivity contribution in [3.8, 4) is 0 Å². The van der Waals surface area contributed by atoms with Gasteiger partial charge in [-0.05, 0) is 19.4 Å². The molecule has 5 heteroatoms. The number of rotatable bonds is 5. The maximum absolute atomic E-state index is 11.7. The topological polar surface area (TPSA) is 41.6 Å². The van der Waals surface area contributed by atoms with Crippen LogP contribution in [-0.4, -0.2) is 42.6 Å². The van der Waals surface area contributed by atoms with Crippen molar-refractivity contribution in [2.75, 3.05) is 19.7 Å². The van der Waals surface area contributed by atoms with E-state index >= 15 is 0 Å². The Morgan fingerprint density at radius 2 is 2.05 bits per heavy atom. The fourth-order valence-electron chi connectivity index (χ4n) is 2.73. The second kappa shape index (κ2) is 9.03. The van der Waals surface area contributed by atoms with Gasteiger partial charge in [-0.25, -0.2) is 0 Å². The average Bonchev–Trinajstić information content (AvgIpc) is 2.44. The SMILES string of the molecule is CCOC(=O)C[C@@H]1CNC[C@@H](C)N1Cc1ccccc1.Cl. The van der Waals surface area contributed by atoms with Crippen molar-refractivity contribution in [3.63, 3.8) is 0 Å². The van der Waals surface area contributed by atoms with E-state index in [1.54, 1.807) is 0 Å². The van der Waals surface area contributed by atoms with Crippen LogP contribution in [-0.2, 0) is 16.1 Å². The van der Waals surface area contributed by atoms with Crippen LogP contribution in [0.2, 0.25) is 0 Å². The van der Waals surface area contributed by atoms with Gasteiger partial charge in [-0.2, -0.15) is 0 Å². The highest BCUT2D eigenvalue weighted by atomic mass is 35.5. The van der Waals surface area contributed by atoms with E-state index in [0.29, 0.717) is 19.1 Å². The molecule has 0 unspecified atom stereocenters. The molecule has 1 fully saturated rings. The van der Waals surface area contributed by atoms with Crippen molar-refractivity contribution in [2.45, 2.75) is 38.9 Å². The fourth-order valence-corrected chi connectivity index (χ4v) is 2.73. The van der Waals surface area contributed by atoms with Crippen LogP contribution in [0.5, 0.6) is 0 Å². The Kier molecular flexibility index (Phi) is 7.72. The van der Waals surface area contributed by atoms with Crippen LogP contribution in [0, 0.1) is 0 Å². The molecule has 1 N–H and O–H groups in total. The molecule has 4 nitrogen and oxygen atoms in total. The van der Waals surface area contributed by atoms with Gasteiger partial charge in [0.15, 0.2) is 0 Å². The third kappa shape index (κ3) is 5.30. The number of carbonyl (C=O) groups excluding carboxylic acids is 1. The first-order chi connectivity index (χ1) is 9.70. The molecule has 0 aliphatic carbocycles. The van der Waals surface area contributed by atoms with Gasteiger partial charge >= 0.3 is 5.97 Å². The van der Waals surface area contributed by atoms with Gasteiger partial charge in [0, 0.05) is 31.7 Å². The third-order valence-corrected chi connectivity index (χ3v) is 3.77. The normalized spacial score (nSPS) is 22.4. The van der Waals surface area contributed by atoms with E-state index in [4.69, 9.17) is 4.74 Å². The Hall–Kier alpha value is -1.10. The van der Waals surface area contributed by atoms with E-state index < -0.39 is 0 Å². The quantitative estimate of drug-likeness (QED) is 0.847. The molecule has 0 spiro atoms. The monoisotopic (exact) mass is 312 g/mol. The van der Waals surface area contributed by atoms with Crippen LogP contribution in [0.25, 0.3) is 0 Å². The summed E-state index contributed by atoms with van der Waals surface area (Å²) in [6.07, 6.45) is 0.456. The second-order valence-corrected chi connectivity index (χ2v) is 5.33. The molecule has 0 saturated carbocycles. The number of piperazine rings is 1. The molecule has 21 heavy (non-hydrogen) atoms. The Balaban J connectivity index is 0.00000220. The number of carbonyl (C=O) groups is 1. The summed E-state index contributed by atoms with van der Waals surface area (Å²) in [6, 6.07) is 11.0. The maximum Gasteiger partial charge on any atom is 0.307 e. The van der Waals surface area contributed by atoms with Crippen molar-refractivity contribution in [1.82, 2.24) is 10.2 Å². The highest BCUT2D eigenvalue weighted by Gasteiger charge is 2.29. The molecular weight excluding hydrogens is 288 g/mol. The fraction of sp³-hybridized carbons (Fsp3) is 0.562. The Morgan fingerprint density at radius 3 is 2.71 bits per heavy atom. The molecule has 0 amide bonds. The summed E-state index contributed by atoms with van der Waals surface area (Å²) < 4.78 is 5.09. The van der Waals surface area contributed by atoms with Gasteiger partial charge in [-0.1, -0.05) is 30.3 Å². The van der Waals surface area contributed by atoms with E-state index in [1.165, 1.54) is 5.56 Å². The van der Waals surface area contributed by atoms with E-state index in [1.807, 2.05) is 13.0 Å². The predicted molar refractivity (Wildman–Crippen MR) is 86.6 cm³/mol. The van der Waals surface area contributed by atoms with Crippen LogP contribution in [0.4, 0.5) is 0 Å². The molecule has 1 aliphatic heterocycles. The lowest BCUT2D eigenvalue weighted by atomic mass is 10.0. The number of nitrogens with zero attached hydrogens (tertiary/aromatic N) is 1. The minimum Gasteiger partial charge on any atom is -0.466 e. The first-order valence-electron chi connectivity index (χ1n) is 7.36. The number of nitrogens with one attached hydrogen (secondary N) is 1. The Labute approximate surface area is 133 Å². The van der Waals surface area contributed by atoms with Gasteiger partial charge in [0.05, 0.1) is 13.0 Å². The van der Waals surface area contributed by atoms with Crippen LogP contribution in [0.3, 0.4) is 0 Å². The van der Waals surface area contributed by atoms with Gasteiger partial charge in [0.2, 0.25) is 0 Å². The van der Waals surface area contributed by atoms with Crippen molar-refractivity contribution in [3.05, 3.63) is 35.9 Å². The van der Waals surface area contributed by atoms with Crippen LogP contribution in [0.15, 0.2) is 30.3 Å². The smallest absolute Gasteiger partial charge is 0.307 e. The minimum atomic E-state index is -0.105. The van der Waals surface area contributed by atoms with Gasteiger partial charge < -0.3 is 10.1 Å². The summed E-state index contributed by atoms with van der Waals surface area (Å²) in [5.41, 5.74) is 1.29. The van der Waals surface area contributed by atoms with Crippen molar-refractivity contribution >= 4 is 18.4 Å². The molecule has 2 rings (SSSR count).